The molecule has 0 saturated heterocycles. The summed E-state index contributed by atoms with van der Waals surface area (Å²) in [5.74, 6) is -0.340. The zero-order chi connectivity index (χ0) is 17.3. The third-order valence-corrected chi connectivity index (χ3v) is 5.58. The Hall–Kier alpha value is -1.90. The van der Waals surface area contributed by atoms with Gasteiger partial charge in [-0.15, -0.1) is 0 Å². The molecular formula is C16H20N2O5S. The van der Waals surface area contributed by atoms with Crippen molar-refractivity contribution >= 4 is 16.4 Å². The van der Waals surface area contributed by atoms with Crippen LogP contribution in [0.5, 0.6) is 0 Å². The molecule has 0 saturated carbocycles. The summed E-state index contributed by atoms with van der Waals surface area (Å²) in [5.41, 5.74) is 2.13. The number of fused-ring (bicyclic) bond motifs is 1. The van der Waals surface area contributed by atoms with Crippen molar-refractivity contribution < 1.29 is 22.9 Å². The lowest BCUT2D eigenvalue weighted by Gasteiger charge is -2.32. The van der Waals surface area contributed by atoms with Crippen LogP contribution >= 0.6 is 0 Å². The van der Waals surface area contributed by atoms with E-state index in [4.69, 9.17) is 4.55 Å². The molecule has 0 fully saturated rings. The Balaban J connectivity index is 1.80. The number of benzene rings is 1. The number of allylic oxidation sites excluding steroid dienone is 1. The molecule has 8 heteroatoms. The molecular weight excluding hydrogens is 332 g/mol. The first-order valence-corrected chi connectivity index (χ1v) is 9.29. The van der Waals surface area contributed by atoms with Crippen LogP contribution in [0.1, 0.15) is 35.4 Å². The van der Waals surface area contributed by atoms with E-state index in [1.54, 1.807) is 0 Å². The molecule has 1 aliphatic carbocycles. The van der Waals surface area contributed by atoms with E-state index in [1.807, 2.05) is 18.2 Å². The van der Waals surface area contributed by atoms with Gasteiger partial charge in [-0.1, -0.05) is 18.2 Å². The van der Waals surface area contributed by atoms with Gasteiger partial charge in [-0.3, -0.25) is 4.55 Å². The number of aliphatic hydroxyl groups is 1. The van der Waals surface area contributed by atoms with Crippen molar-refractivity contribution in [2.24, 2.45) is 5.92 Å². The van der Waals surface area contributed by atoms with Crippen molar-refractivity contribution in [1.82, 2.24) is 10.6 Å². The van der Waals surface area contributed by atoms with Crippen LogP contribution in [0.25, 0.3) is 0 Å². The fourth-order valence-corrected chi connectivity index (χ4v) is 4.14. The van der Waals surface area contributed by atoms with Gasteiger partial charge in [-0.25, -0.2) is 0 Å². The average molecular weight is 352 g/mol. The second-order valence-corrected chi connectivity index (χ2v) is 7.69. The average Bonchev–Trinajstić information content (AvgIpc) is 3.03. The lowest BCUT2D eigenvalue weighted by molar-refractivity contribution is -0.110. The highest BCUT2D eigenvalue weighted by Crippen LogP contribution is 2.40. The van der Waals surface area contributed by atoms with Gasteiger partial charge in [0.05, 0.1) is 6.61 Å². The summed E-state index contributed by atoms with van der Waals surface area (Å²) in [6.45, 7) is -0.117. The van der Waals surface area contributed by atoms with Crippen molar-refractivity contribution in [3.05, 3.63) is 46.8 Å². The van der Waals surface area contributed by atoms with E-state index in [1.165, 1.54) is 6.20 Å². The molecule has 3 rings (SSSR count). The zero-order valence-corrected chi connectivity index (χ0v) is 13.8. The number of aliphatic hydroxyl groups excluding tert-OH is 1. The molecule has 0 bridgehead atoms. The molecule has 0 amide bonds. The first-order chi connectivity index (χ1) is 11.4. The molecule has 1 aliphatic heterocycles. The van der Waals surface area contributed by atoms with Gasteiger partial charge in [0, 0.05) is 17.8 Å². The van der Waals surface area contributed by atoms with Crippen LogP contribution < -0.4 is 10.6 Å². The zero-order valence-electron chi connectivity index (χ0n) is 13.0. The van der Waals surface area contributed by atoms with Crippen molar-refractivity contribution in [2.75, 3.05) is 0 Å². The van der Waals surface area contributed by atoms with E-state index >= 15 is 0 Å². The van der Waals surface area contributed by atoms with Crippen LogP contribution in [0.4, 0.5) is 0 Å². The fourth-order valence-electron chi connectivity index (χ4n) is 3.60. The van der Waals surface area contributed by atoms with Gasteiger partial charge < -0.3 is 20.5 Å². The van der Waals surface area contributed by atoms with E-state index in [0.717, 1.165) is 35.8 Å². The molecule has 24 heavy (non-hydrogen) atoms. The summed E-state index contributed by atoms with van der Waals surface area (Å²) in [6, 6.07) is 5.68. The van der Waals surface area contributed by atoms with Crippen molar-refractivity contribution in [2.45, 2.75) is 37.3 Å². The SMILES string of the molecule is O=CC1c2c(CO)cccc2CCC1CC1=CNC(S(=O)(=O)O)N1. The van der Waals surface area contributed by atoms with E-state index < -0.39 is 15.6 Å². The smallest absolute Gasteiger partial charge is 0.305 e. The van der Waals surface area contributed by atoms with Gasteiger partial charge in [-0.2, -0.15) is 8.42 Å². The fraction of sp³-hybridized carbons (Fsp3) is 0.438. The number of aryl methyl sites for hydroxylation is 1. The lowest BCUT2D eigenvalue weighted by Crippen LogP contribution is -2.40. The van der Waals surface area contributed by atoms with E-state index in [0.29, 0.717) is 12.1 Å². The van der Waals surface area contributed by atoms with Crippen molar-refractivity contribution in [3.63, 3.8) is 0 Å². The molecule has 1 aromatic rings. The predicted octanol–water partition coefficient (Wildman–Crippen LogP) is 0.619. The molecule has 130 valence electrons. The van der Waals surface area contributed by atoms with Crippen LogP contribution in [-0.4, -0.2) is 29.9 Å². The Kier molecular flexibility index (Phi) is 4.62. The minimum absolute atomic E-state index is 0.00315. The van der Waals surface area contributed by atoms with Crippen molar-refractivity contribution in [3.8, 4) is 0 Å². The number of aldehydes is 1. The third-order valence-electron chi connectivity index (χ3n) is 4.73. The summed E-state index contributed by atoms with van der Waals surface area (Å²) >= 11 is 0. The quantitative estimate of drug-likeness (QED) is 0.453. The topological polar surface area (TPSA) is 116 Å². The molecule has 4 N–H and O–H groups in total. The molecule has 0 spiro atoms. The number of hydrogen-bond donors (Lipinski definition) is 4. The maximum Gasteiger partial charge on any atom is 0.305 e. The van der Waals surface area contributed by atoms with E-state index in [-0.39, 0.29) is 18.4 Å². The number of hydrogen-bond acceptors (Lipinski definition) is 6. The summed E-state index contributed by atoms with van der Waals surface area (Å²) in [5, 5.41) is 14.9. The first kappa shape index (κ1) is 16.9. The highest BCUT2D eigenvalue weighted by molar-refractivity contribution is 7.86. The Bertz CT molecular complexity index is 760. The molecule has 1 aromatic carbocycles. The largest absolute Gasteiger partial charge is 0.392 e. The second-order valence-electron chi connectivity index (χ2n) is 6.19. The summed E-state index contributed by atoms with van der Waals surface area (Å²) in [6.07, 6.45) is 4.52. The Morgan fingerprint density at radius 1 is 1.33 bits per heavy atom. The van der Waals surface area contributed by atoms with Gasteiger partial charge >= 0.3 is 10.1 Å². The van der Waals surface area contributed by atoms with Crippen LogP contribution in [0, 0.1) is 5.92 Å². The van der Waals surface area contributed by atoms with Gasteiger partial charge in [0.2, 0.25) is 5.50 Å². The number of carbonyl (C=O) groups is 1. The molecule has 3 atom stereocenters. The molecule has 0 radical (unpaired) electrons. The highest BCUT2D eigenvalue weighted by atomic mass is 32.2. The van der Waals surface area contributed by atoms with Gasteiger partial charge in [0.25, 0.3) is 0 Å². The molecule has 0 aromatic heterocycles. The Labute approximate surface area is 140 Å². The van der Waals surface area contributed by atoms with Crippen LogP contribution in [0.3, 0.4) is 0 Å². The molecule has 2 aliphatic rings. The molecule has 1 heterocycles. The van der Waals surface area contributed by atoms with Crippen LogP contribution in [0.2, 0.25) is 0 Å². The number of nitrogens with one attached hydrogen (secondary N) is 2. The standard InChI is InChI=1S/C16H20N2O5S/c19-8-12-3-1-2-10-4-5-11(14(9-20)15(10)12)6-13-7-17-16(18-13)24(21,22)23/h1-3,7,9,11,14,16-19H,4-6,8H2,(H,21,22,23). The first-order valence-electron chi connectivity index (χ1n) is 7.78. The monoisotopic (exact) mass is 352 g/mol. The Morgan fingerprint density at radius 3 is 2.75 bits per heavy atom. The van der Waals surface area contributed by atoms with Crippen LogP contribution in [0.15, 0.2) is 30.1 Å². The van der Waals surface area contributed by atoms with Gasteiger partial charge in [0.15, 0.2) is 0 Å². The number of carbonyl (C=O) groups excluding carboxylic acids is 1. The van der Waals surface area contributed by atoms with E-state index in [9.17, 15) is 18.3 Å². The highest BCUT2D eigenvalue weighted by Gasteiger charge is 2.34. The maximum atomic E-state index is 11.7. The van der Waals surface area contributed by atoms with Gasteiger partial charge in [0.1, 0.15) is 6.29 Å². The number of rotatable bonds is 5. The summed E-state index contributed by atoms with van der Waals surface area (Å²) < 4.78 is 31.4. The summed E-state index contributed by atoms with van der Waals surface area (Å²) in [4.78, 5) is 11.7. The molecule has 3 unspecified atom stereocenters. The third kappa shape index (κ3) is 3.17. The normalized spacial score (nSPS) is 26.1. The second kappa shape index (κ2) is 6.54. The van der Waals surface area contributed by atoms with E-state index in [2.05, 4.69) is 10.6 Å². The predicted molar refractivity (Wildman–Crippen MR) is 87.3 cm³/mol. The Morgan fingerprint density at radius 2 is 2.12 bits per heavy atom. The maximum absolute atomic E-state index is 11.7. The lowest BCUT2D eigenvalue weighted by atomic mass is 9.72. The minimum atomic E-state index is -4.23. The molecule has 7 nitrogen and oxygen atoms in total. The minimum Gasteiger partial charge on any atom is -0.392 e. The van der Waals surface area contributed by atoms with Gasteiger partial charge in [-0.05, 0) is 41.9 Å². The van der Waals surface area contributed by atoms with Crippen molar-refractivity contribution in [1.29, 1.82) is 0 Å². The summed E-state index contributed by atoms with van der Waals surface area (Å²) in [7, 11) is -4.23. The van der Waals surface area contributed by atoms with Crippen LogP contribution in [-0.2, 0) is 27.9 Å².